The fourth-order valence-electron chi connectivity index (χ4n) is 1.74. The maximum atomic E-state index is 11.9. The molecule has 8 heteroatoms. The number of hydrogen-bond donors (Lipinski definition) is 1. The Labute approximate surface area is 126 Å². The van der Waals surface area contributed by atoms with Crippen molar-refractivity contribution in [2.45, 2.75) is 39.2 Å². The Balaban J connectivity index is 2.14. The third-order valence-electron chi connectivity index (χ3n) is 2.60. The molecule has 0 unspecified atom stereocenters. The number of aromatic nitrogens is 1. The predicted molar refractivity (Wildman–Crippen MR) is 77.4 cm³/mol. The zero-order valence-electron chi connectivity index (χ0n) is 12.1. The van der Waals surface area contributed by atoms with Gasteiger partial charge in [-0.3, -0.25) is 15.0 Å². The quantitative estimate of drug-likeness (QED) is 0.843. The van der Waals surface area contributed by atoms with Gasteiger partial charge in [-0.15, -0.1) is 0 Å². The van der Waals surface area contributed by atoms with Gasteiger partial charge in [-0.2, -0.15) is 0 Å². The van der Waals surface area contributed by atoms with Crippen LogP contribution < -0.4 is 10.2 Å². The average molecular weight is 311 g/mol. The predicted octanol–water partition coefficient (Wildman–Crippen LogP) is 1.93. The van der Waals surface area contributed by atoms with Crippen LogP contribution in [0.2, 0.25) is 0 Å². The molecular weight excluding hydrogens is 294 g/mol. The molecule has 2 rings (SSSR count). The number of carbonyl (C=O) groups is 3. The lowest BCUT2D eigenvalue weighted by molar-refractivity contribution is -0.119. The first kappa shape index (κ1) is 15.4. The Kier molecular flexibility index (Phi) is 4.26. The van der Waals surface area contributed by atoms with E-state index in [9.17, 15) is 14.4 Å². The van der Waals surface area contributed by atoms with Crippen molar-refractivity contribution < 1.29 is 19.1 Å². The van der Waals surface area contributed by atoms with Crippen molar-refractivity contribution in [3.63, 3.8) is 0 Å². The van der Waals surface area contributed by atoms with Crippen LogP contribution in [-0.4, -0.2) is 35.0 Å². The van der Waals surface area contributed by atoms with Crippen LogP contribution in [0.3, 0.4) is 0 Å². The summed E-state index contributed by atoms with van der Waals surface area (Å²) in [7, 11) is 0. The summed E-state index contributed by atoms with van der Waals surface area (Å²) in [4.78, 5) is 40.9. The summed E-state index contributed by atoms with van der Waals surface area (Å²) in [6.45, 7) is 5.72. The van der Waals surface area contributed by atoms with Gasteiger partial charge in [-0.05, 0) is 27.2 Å². The van der Waals surface area contributed by atoms with E-state index in [-0.39, 0.29) is 5.91 Å². The zero-order chi connectivity index (χ0) is 15.6. The van der Waals surface area contributed by atoms with Gasteiger partial charge in [0.25, 0.3) is 0 Å². The van der Waals surface area contributed by atoms with Crippen molar-refractivity contribution in [3.8, 4) is 0 Å². The molecule has 1 saturated heterocycles. The third-order valence-corrected chi connectivity index (χ3v) is 3.60. The van der Waals surface area contributed by atoms with Crippen molar-refractivity contribution in [1.29, 1.82) is 0 Å². The van der Waals surface area contributed by atoms with Crippen molar-refractivity contribution in [3.05, 3.63) is 11.1 Å². The lowest BCUT2D eigenvalue weighted by atomic mass is 10.2. The molecule has 0 radical (unpaired) electrons. The normalized spacial score (nSPS) is 16.4. The molecule has 0 bridgehead atoms. The molecule has 0 spiro atoms. The summed E-state index contributed by atoms with van der Waals surface area (Å²) in [5.74, 6) is -0.774. The van der Waals surface area contributed by atoms with Crippen molar-refractivity contribution >= 4 is 34.4 Å². The number of thiazole rings is 1. The minimum Gasteiger partial charge on any atom is -0.456 e. The van der Waals surface area contributed by atoms with E-state index in [0.29, 0.717) is 29.4 Å². The molecule has 1 aromatic heterocycles. The molecule has 2 heterocycles. The molecule has 21 heavy (non-hydrogen) atoms. The second kappa shape index (κ2) is 5.80. The van der Waals surface area contributed by atoms with Crippen LogP contribution in [0.4, 0.5) is 9.93 Å². The first-order valence-corrected chi connectivity index (χ1v) is 7.38. The van der Waals surface area contributed by atoms with Gasteiger partial charge in [0.05, 0.1) is 6.20 Å². The maximum Gasteiger partial charge on any atom is 0.350 e. The number of ether oxygens (including phenoxy) is 1. The van der Waals surface area contributed by atoms with Crippen LogP contribution in [0.5, 0.6) is 0 Å². The van der Waals surface area contributed by atoms with Crippen LogP contribution in [0.25, 0.3) is 0 Å². The second-order valence-corrected chi connectivity index (χ2v) is 6.63. The first-order chi connectivity index (χ1) is 9.76. The molecule has 1 N–H and O–H groups in total. The molecule has 0 atom stereocenters. The maximum absolute atomic E-state index is 11.9. The lowest BCUT2D eigenvalue weighted by Crippen LogP contribution is -2.40. The van der Waals surface area contributed by atoms with Gasteiger partial charge >= 0.3 is 12.0 Å². The summed E-state index contributed by atoms with van der Waals surface area (Å²) in [6.07, 6.45) is 2.24. The van der Waals surface area contributed by atoms with E-state index >= 15 is 0 Å². The Bertz CT molecular complexity index is 576. The molecule has 7 nitrogen and oxygen atoms in total. The highest BCUT2D eigenvalue weighted by Gasteiger charge is 2.26. The van der Waals surface area contributed by atoms with Crippen LogP contribution >= 0.6 is 11.3 Å². The molecule has 1 fully saturated rings. The monoisotopic (exact) mass is 311 g/mol. The number of nitrogens with one attached hydrogen (secondary N) is 1. The lowest BCUT2D eigenvalue weighted by Gasteiger charge is -2.18. The molecular formula is C13H17N3O4S. The van der Waals surface area contributed by atoms with E-state index in [1.54, 1.807) is 20.8 Å². The minimum atomic E-state index is -0.590. The van der Waals surface area contributed by atoms with Crippen molar-refractivity contribution in [2.24, 2.45) is 0 Å². The largest absolute Gasteiger partial charge is 0.456 e. The van der Waals surface area contributed by atoms with E-state index in [4.69, 9.17) is 4.74 Å². The van der Waals surface area contributed by atoms with Crippen LogP contribution in [-0.2, 0) is 9.53 Å². The fraction of sp³-hybridized carbons (Fsp3) is 0.538. The molecule has 0 saturated carbocycles. The number of urea groups is 1. The fourth-order valence-corrected chi connectivity index (χ4v) is 2.56. The van der Waals surface area contributed by atoms with Gasteiger partial charge in [-0.1, -0.05) is 11.3 Å². The summed E-state index contributed by atoms with van der Waals surface area (Å²) in [5.41, 5.74) is -0.590. The van der Waals surface area contributed by atoms with Crippen molar-refractivity contribution in [1.82, 2.24) is 10.3 Å². The number of esters is 1. The van der Waals surface area contributed by atoms with Gasteiger partial charge in [0.15, 0.2) is 5.13 Å². The highest BCUT2D eigenvalue weighted by molar-refractivity contribution is 7.17. The molecule has 3 amide bonds. The van der Waals surface area contributed by atoms with Gasteiger partial charge in [0.2, 0.25) is 5.91 Å². The molecule has 1 aromatic rings. The smallest absolute Gasteiger partial charge is 0.350 e. The number of imide groups is 1. The molecule has 0 aliphatic carbocycles. The van der Waals surface area contributed by atoms with Gasteiger partial charge in [0, 0.05) is 13.0 Å². The van der Waals surface area contributed by atoms with Crippen LogP contribution in [0, 0.1) is 0 Å². The highest BCUT2D eigenvalue weighted by Crippen LogP contribution is 2.25. The zero-order valence-corrected chi connectivity index (χ0v) is 13.0. The Morgan fingerprint density at radius 2 is 2.14 bits per heavy atom. The van der Waals surface area contributed by atoms with E-state index in [1.807, 2.05) is 0 Å². The minimum absolute atomic E-state index is 0.298. The number of hydrogen-bond acceptors (Lipinski definition) is 6. The van der Waals surface area contributed by atoms with E-state index in [1.165, 1.54) is 11.1 Å². The summed E-state index contributed by atoms with van der Waals surface area (Å²) in [6, 6.07) is -0.511. The van der Waals surface area contributed by atoms with Gasteiger partial charge in [0.1, 0.15) is 10.5 Å². The summed E-state index contributed by atoms with van der Waals surface area (Å²) >= 11 is 1.07. The summed E-state index contributed by atoms with van der Waals surface area (Å²) < 4.78 is 5.25. The van der Waals surface area contributed by atoms with E-state index in [0.717, 1.165) is 11.3 Å². The van der Waals surface area contributed by atoms with Gasteiger partial charge < -0.3 is 4.74 Å². The summed E-state index contributed by atoms with van der Waals surface area (Å²) in [5, 5.41) is 2.64. The molecule has 1 aliphatic heterocycles. The number of carbonyl (C=O) groups excluding carboxylic acids is 3. The third kappa shape index (κ3) is 4.01. The molecule has 114 valence electrons. The highest BCUT2D eigenvalue weighted by atomic mass is 32.1. The van der Waals surface area contributed by atoms with E-state index in [2.05, 4.69) is 10.3 Å². The molecule has 1 aliphatic rings. The number of rotatable bonds is 2. The molecule has 0 aromatic carbocycles. The standard InChI is InChI=1S/C13H17N3O4S/c1-13(2,3)20-10(18)8-7-14-12(21-8)16-6-4-5-9(17)15-11(16)19/h7H,4-6H2,1-3H3,(H,15,17,19). The number of nitrogens with zero attached hydrogens (tertiary/aromatic N) is 2. The Morgan fingerprint density at radius 3 is 2.81 bits per heavy atom. The van der Waals surface area contributed by atoms with Crippen molar-refractivity contribution in [2.75, 3.05) is 11.4 Å². The van der Waals surface area contributed by atoms with Crippen LogP contribution in [0.15, 0.2) is 6.20 Å². The number of amides is 3. The van der Waals surface area contributed by atoms with E-state index < -0.39 is 17.6 Å². The Morgan fingerprint density at radius 1 is 1.43 bits per heavy atom. The SMILES string of the molecule is CC(C)(C)OC(=O)c1cnc(N2CCCC(=O)NC2=O)s1. The van der Waals surface area contributed by atoms with Crippen LogP contribution in [0.1, 0.15) is 43.3 Å². The van der Waals surface area contributed by atoms with Gasteiger partial charge in [-0.25, -0.2) is 14.6 Å². The number of anilines is 1. The topological polar surface area (TPSA) is 88.6 Å². The first-order valence-electron chi connectivity index (χ1n) is 6.57. The Hall–Kier alpha value is -1.96. The second-order valence-electron chi connectivity index (χ2n) is 5.62. The average Bonchev–Trinajstić information content (AvgIpc) is 2.75.